The molecule has 3 heteroatoms. The van der Waals surface area contributed by atoms with Crippen molar-refractivity contribution in [2.75, 3.05) is 14.2 Å². The zero-order chi connectivity index (χ0) is 9.45. The lowest BCUT2D eigenvalue weighted by atomic mass is 10.4. The third-order valence-electron chi connectivity index (χ3n) is 2.23. The molecular formula is C9H22O2Si. The fourth-order valence-corrected chi connectivity index (χ4v) is 1.13. The molecule has 2 nitrogen and oxygen atoms in total. The summed E-state index contributed by atoms with van der Waals surface area (Å²) in [7, 11) is 1.70. The molecule has 0 radical (unpaired) electrons. The van der Waals surface area contributed by atoms with Gasteiger partial charge in [0.2, 0.25) is 0 Å². The van der Waals surface area contributed by atoms with E-state index < -0.39 is 8.56 Å². The highest BCUT2D eigenvalue weighted by molar-refractivity contribution is 6.64. The lowest BCUT2D eigenvalue weighted by Crippen LogP contribution is -2.31. The monoisotopic (exact) mass is 190 g/mol. The largest absolute Gasteiger partial charge is 0.398 e. The van der Waals surface area contributed by atoms with Crippen molar-refractivity contribution in [3.63, 3.8) is 0 Å². The average molecular weight is 190 g/mol. The Balaban J connectivity index is 0.000000211. The van der Waals surface area contributed by atoms with E-state index >= 15 is 0 Å². The molecule has 1 fully saturated rings. The summed E-state index contributed by atoms with van der Waals surface area (Å²) in [4.78, 5) is 0. The van der Waals surface area contributed by atoms with Gasteiger partial charge in [-0.3, -0.25) is 0 Å². The Morgan fingerprint density at radius 3 is 1.08 bits per heavy atom. The van der Waals surface area contributed by atoms with Crippen molar-refractivity contribution < 1.29 is 8.85 Å². The molecule has 1 aliphatic carbocycles. The fraction of sp³-hybridized carbons (Fsp3) is 1.00. The van der Waals surface area contributed by atoms with Gasteiger partial charge in [0.05, 0.1) is 0 Å². The van der Waals surface area contributed by atoms with Gasteiger partial charge in [-0.2, -0.15) is 0 Å². The van der Waals surface area contributed by atoms with Gasteiger partial charge in [-0.15, -0.1) is 0 Å². The lowest BCUT2D eigenvalue weighted by molar-refractivity contribution is 0.258. The highest BCUT2D eigenvalue weighted by atomic mass is 28.4. The molecular weight excluding hydrogens is 168 g/mol. The molecule has 0 N–H and O–H groups in total. The van der Waals surface area contributed by atoms with E-state index in [1.54, 1.807) is 14.2 Å². The first-order chi connectivity index (χ1) is 5.62. The standard InChI is InChI=1S/C5H10.C4H12O2Si/c1-2-4-5-3-1;1-5-7(3,4)6-2/h1-5H2;1-4H3. The minimum atomic E-state index is -1.65. The summed E-state index contributed by atoms with van der Waals surface area (Å²) in [6.07, 6.45) is 7.50. The van der Waals surface area contributed by atoms with Crippen molar-refractivity contribution in [1.82, 2.24) is 0 Å². The molecule has 0 aromatic rings. The average Bonchev–Trinajstić information content (AvgIpc) is 2.62. The summed E-state index contributed by atoms with van der Waals surface area (Å²) >= 11 is 0. The van der Waals surface area contributed by atoms with Crippen molar-refractivity contribution in [1.29, 1.82) is 0 Å². The SMILES string of the molecule is C1CCCC1.CO[Si](C)(C)OC. The second-order valence-electron chi connectivity index (χ2n) is 3.58. The van der Waals surface area contributed by atoms with Crippen LogP contribution in [0.3, 0.4) is 0 Å². The van der Waals surface area contributed by atoms with Crippen molar-refractivity contribution >= 4 is 8.56 Å². The molecule has 1 rings (SSSR count). The van der Waals surface area contributed by atoms with Crippen LogP contribution in [0.2, 0.25) is 13.1 Å². The van der Waals surface area contributed by atoms with Crippen LogP contribution in [0.4, 0.5) is 0 Å². The van der Waals surface area contributed by atoms with Crippen LogP contribution in [0, 0.1) is 0 Å². The smallest absolute Gasteiger partial charge is 0.331 e. The van der Waals surface area contributed by atoms with Gasteiger partial charge >= 0.3 is 8.56 Å². The highest BCUT2D eigenvalue weighted by Crippen LogP contribution is 2.15. The van der Waals surface area contributed by atoms with Gasteiger partial charge in [0.25, 0.3) is 0 Å². The minimum absolute atomic E-state index is 1.50. The Morgan fingerprint density at radius 2 is 1.00 bits per heavy atom. The normalized spacial score (nSPS) is 17.0. The quantitative estimate of drug-likeness (QED) is 0.623. The van der Waals surface area contributed by atoms with Gasteiger partial charge in [-0.1, -0.05) is 32.1 Å². The molecule has 0 aliphatic heterocycles. The second-order valence-corrected chi connectivity index (χ2v) is 7.19. The Labute approximate surface area is 77.5 Å². The Bertz CT molecular complexity index is 87.1. The molecule has 0 bridgehead atoms. The van der Waals surface area contributed by atoms with Crippen LogP contribution in [-0.2, 0) is 8.85 Å². The van der Waals surface area contributed by atoms with E-state index in [-0.39, 0.29) is 0 Å². The van der Waals surface area contributed by atoms with Gasteiger partial charge in [0, 0.05) is 14.2 Å². The van der Waals surface area contributed by atoms with E-state index in [1.165, 1.54) is 32.1 Å². The summed E-state index contributed by atoms with van der Waals surface area (Å²) in [6, 6.07) is 0. The summed E-state index contributed by atoms with van der Waals surface area (Å²) in [5.41, 5.74) is 0. The van der Waals surface area contributed by atoms with Crippen molar-refractivity contribution in [3.8, 4) is 0 Å². The first-order valence-electron chi connectivity index (χ1n) is 4.72. The predicted octanol–water partition coefficient (Wildman–Crippen LogP) is 2.93. The van der Waals surface area contributed by atoms with Crippen LogP contribution in [-0.4, -0.2) is 22.8 Å². The zero-order valence-electron chi connectivity index (χ0n) is 8.85. The van der Waals surface area contributed by atoms with Crippen LogP contribution in [0.1, 0.15) is 32.1 Å². The number of rotatable bonds is 2. The van der Waals surface area contributed by atoms with Gasteiger partial charge < -0.3 is 8.85 Å². The molecule has 74 valence electrons. The van der Waals surface area contributed by atoms with E-state index in [2.05, 4.69) is 0 Å². The van der Waals surface area contributed by atoms with Crippen molar-refractivity contribution in [2.24, 2.45) is 0 Å². The van der Waals surface area contributed by atoms with Crippen LogP contribution in [0.25, 0.3) is 0 Å². The molecule has 0 unspecified atom stereocenters. The van der Waals surface area contributed by atoms with E-state index in [1.807, 2.05) is 13.1 Å². The molecule has 0 spiro atoms. The first-order valence-corrected chi connectivity index (χ1v) is 7.54. The van der Waals surface area contributed by atoms with Crippen LogP contribution < -0.4 is 0 Å². The van der Waals surface area contributed by atoms with Gasteiger partial charge in [-0.05, 0) is 13.1 Å². The van der Waals surface area contributed by atoms with Crippen LogP contribution >= 0.6 is 0 Å². The van der Waals surface area contributed by atoms with E-state index in [9.17, 15) is 0 Å². The third kappa shape index (κ3) is 6.82. The third-order valence-corrected chi connectivity index (χ3v) is 4.20. The topological polar surface area (TPSA) is 18.5 Å². The Morgan fingerprint density at radius 1 is 0.750 bits per heavy atom. The van der Waals surface area contributed by atoms with E-state index in [0.29, 0.717) is 0 Å². The molecule has 0 heterocycles. The highest BCUT2D eigenvalue weighted by Gasteiger charge is 2.19. The maximum absolute atomic E-state index is 5.00. The van der Waals surface area contributed by atoms with E-state index in [0.717, 1.165) is 0 Å². The molecule has 0 saturated heterocycles. The molecule has 0 atom stereocenters. The summed E-state index contributed by atoms with van der Waals surface area (Å²) in [6.45, 7) is 3.99. The number of hydrogen-bond donors (Lipinski definition) is 0. The second kappa shape index (κ2) is 6.63. The predicted molar refractivity (Wildman–Crippen MR) is 54.6 cm³/mol. The first kappa shape index (κ1) is 12.1. The fourth-order valence-electron chi connectivity index (χ4n) is 0.967. The van der Waals surface area contributed by atoms with Crippen LogP contribution in [0.5, 0.6) is 0 Å². The van der Waals surface area contributed by atoms with Crippen molar-refractivity contribution in [3.05, 3.63) is 0 Å². The molecule has 0 aromatic carbocycles. The maximum Gasteiger partial charge on any atom is 0.331 e. The van der Waals surface area contributed by atoms with Crippen LogP contribution in [0.15, 0.2) is 0 Å². The summed E-state index contributed by atoms with van der Waals surface area (Å²) < 4.78 is 10.0. The summed E-state index contributed by atoms with van der Waals surface area (Å²) in [5, 5.41) is 0. The molecule has 12 heavy (non-hydrogen) atoms. The molecule has 1 saturated carbocycles. The zero-order valence-corrected chi connectivity index (χ0v) is 9.85. The Hall–Kier alpha value is 0.137. The maximum atomic E-state index is 5.00. The Kier molecular flexibility index (Phi) is 6.71. The minimum Gasteiger partial charge on any atom is -0.398 e. The van der Waals surface area contributed by atoms with Gasteiger partial charge in [0.15, 0.2) is 0 Å². The lowest BCUT2D eigenvalue weighted by Gasteiger charge is -2.15. The summed E-state index contributed by atoms with van der Waals surface area (Å²) in [5.74, 6) is 0. The molecule has 1 aliphatic rings. The number of hydrogen-bond acceptors (Lipinski definition) is 2. The van der Waals surface area contributed by atoms with Crippen molar-refractivity contribution in [2.45, 2.75) is 45.2 Å². The van der Waals surface area contributed by atoms with Gasteiger partial charge in [-0.25, -0.2) is 0 Å². The van der Waals surface area contributed by atoms with Gasteiger partial charge in [0.1, 0.15) is 0 Å². The molecule has 0 amide bonds. The van der Waals surface area contributed by atoms with E-state index in [4.69, 9.17) is 8.85 Å². The molecule has 0 aromatic heterocycles.